The molecule has 3 nitrogen and oxygen atoms in total. The molecule has 0 aromatic heterocycles. The van der Waals surface area contributed by atoms with Crippen molar-refractivity contribution >= 4 is 18.3 Å². The maximum Gasteiger partial charge on any atom is 0.236 e. The summed E-state index contributed by atoms with van der Waals surface area (Å²) in [6.45, 7) is 2.10. The summed E-state index contributed by atoms with van der Waals surface area (Å²) in [5.74, 6) is -0.447. The van der Waals surface area contributed by atoms with Crippen LogP contribution >= 0.6 is 12.4 Å². The van der Waals surface area contributed by atoms with Gasteiger partial charge in [0.2, 0.25) is 5.91 Å². The molecule has 90 valence electrons. The van der Waals surface area contributed by atoms with Crippen LogP contribution in [-0.4, -0.2) is 18.5 Å². The Kier molecular flexibility index (Phi) is 6.69. The van der Waals surface area contributed by atoms with Crippen molar-refractivity contribution in [3.63, 3.8) is 0 Å². The fourth-order valence-electron chi connectivity index (χ4n) is 1.18. The van der Waals surface area contributed by atoms with E-state index in [-0.39, 0.29) is 24.1 Å². The highest BCUT2D eigenvalue weighted by Crippen LogP contribution is 2.03. The van der Waals surface area contributed by atoms with Crippen LogP contribution < -0.4 is 11.1 Å². The van der Waals surface area contributed by atoms with Gasteiger partial charge in [0.05, 0.1) is 6.04 Å². The number of carbonyl (C=O) groups is 1. The van der Waals surface area contributed by atoms with Gasteiger partial charge < -0.3 is 11.1 Å². The normalized spacial score (nSPS) is 11.4. The van der Waals surface area contributed by atoms with Gasteiger partial charge in [-0.25, -0.2) is 4.39 Å². The van der Waals surface area contributed by atoms with Crippen molar-refractivity contribution in [1.82, 2.24) is 5.32 Å². The van der Waals surface area contributed by atoms with Gasteiger partial charge in [0.15, 0.2) is 0 Å². The van der Waals surface area contributed by atoms with Crippen molar-refractivity contribution in [2.45, 2.75) is 19.4 Å². The maximum atomic E-state index is 12.8. The lowest BCUT2D eigenvalue weighted by molar-refractivity contribution is -0.121. The molecule has 0 fully saturated rings. The molecule has 0 aliphatic heterocycles. The van der Waals surface area contributed by atoms with E-state index in [1.165, 1.54) is 12.1 Å². The Hall–Kier alpha value is -1.13. The third kappa shape index (κ3) is 5.09. The average Bonchev–Trinajstić information content (AvgIpc) is 2.17. The molecule has 0 radical (unpaired) electrons. The van der Waals surface area contributed by atoms with Crippen molar-refractivity contribution in [3.8, 4) is 0 Å². The minimum Gasteiger partial charge on any atom is -0.354 e. The molecule has 0 saturated carbocycles. The lowest BCUT2D eigenvalue weighted by atomic mass is 10.1. The molecule has 3 N–H and O–H groups in total. The number of hydrogen-bond acceptors (Lipinski definition) is 2. The van der Waals surface area contributed by atoms with E-state index in [1.807, 2.05) is 6.07 Å². The Morgan fingerprint density at radius 2 is 2.25 bits per heavy atom. The second-order valence-corrected chi connectivity index (χ2v) is 3.46. The van der Waals surface area contributed by atoms with Crippen molar-refractivity contribution in [1.29, 1.82) is 0 Å². The summed E-state index contributed by atoms with van der Waals surface area (Å²) >= 11 is 0. The molecule has 1 rings (SSSR count). The quantitative estimate of drug-likeness (QED) is 0.840. The third-order valence-corrected chi connectivity index (χ3v) is 2.02. The molecule has 16 heavy (non-hydrogen) atoms. The summed E-state index contributed by atoms with van der Waals surface area (Å²) in [6, 6.07) is 5.82. The molecule has 1 aromatic carbocycles. The lowest BCUT2D eigenvalue weighted by Crippen LogP contribution is -2.39. The Balaban J connectivity index is 0.00000225. The minimum atomic E-state index is -0.502. The standard InChI is InChI=1S/C11H15FN2O.ClH/c1-8(13)11(15)14-6-5-9-3-2-4-10(12)7-9;/h2-4,7-8H,5-6,13H2,1H3,(H,14,15);1H/t8-;/m1./s1. The van der Waals surface area contributed by atoms with Crippen LogP contribution in [0.25, 0.3) is 0 Å². The third-order valence-electron chi connectivity index (χ3n) is 2.02. The van der Waals surface area contributed by atoms with Crippen LogP contribution in [0, 0.1) is 5.82 Å². The number of amides is 1. The highest BCUT2D eigenvalue weighted by atomic mass is 35.5. The Labute approximate surface area is 101 Å². The summed E-state index contributed by atoms with van der Waals surface area (Å²) in [7, 11) is 0. The molecule has 0 aliphatic carbocycles. The van der Waals surface area contributed by atoms with Crippen LogP contribution in [0.15, 0.2) is 24.3 Å². The number of rotatable bonds is 4. The number of nitrogens with one attached hydrogen (secondary N) is 1. The number of nitrogens with two attached hydrogens (primary N) is 1. The number of hydrogen-bond donors (Lipinski definition) is 2. The molecular weight excluding hydrogens is 231 g/mol. The van der Waals surface area contributed by atoms with Crippen LogP contribution in [0.2, 0.25) is 0 Å². The first kappa shape index (κ1) is 14.9. The summed E-state index contributed by atoms with van der Waals surface area (Å²) in [4.78, 5) is 11.1. The highest BCUT2D eigenvalue weighted by molar-refractivity contribution is 5.85. The van der Waals surface area contributed by atoms with E-state index >= 15 is 0 Å². The van der Waals surface area contributed by atoms with Crippen LogP contribution in [0.1, 0.15) is 12.5 Å². The van der Waals surface area contributed by atoms with Crippen LogP contribution in [0.3, 0.4) is 0 Å². The number of carbonyl (C=O) groups excluding carboxylic acids is 1. The zero-order valence-corrected chi connectivity index (χ0v) is 9.89. The van der Waals surface area contributed by atoms with Crippen molar-refractivity contribution < 1.29 is 9.18 Å². The first-order valence-corrected chi connectivity index (χ1v) is 4.87. The molecule has 0 saturated heterocycles. The number of benzene rings is 1. The maximum absolute atomic E-state index is 12.8. The summed E-state index contributed by atoms with van der Waals surface area (Å²) in [6.07, 6.45) is 0.607. The molecule has 5 heteroatoms. The summed E-state index contributed by atoms with van der Waals surface area (Å²) < 4.78 is 12.8. The van der Waals surface area contributed by atoms with E-state index in [9.17, 15) is 9.18 Å². The smallest absolute Gasteiger partial charge is 0.236 e. The zero-order chi connectivity index (χ0) is 11.3. The van der Waals surface area contributed by atoms with Crippen molar-refractivity contribution in [2.75, 3.05) is 6.54 Å². The molecule has 0 unspecified atom stereocenters. The Morgan fingerprint density at radius 3 is 2.81 bits per heavy atom. The fourth-order valence-corrected chi connectivity index (χ4v) is 1.18. The lowest BCUT2D eigenvalue weighted by Gasteiger charge is -2.07. The van der Waals surface area contributed by atoms with Gasteiger partial charge >= 0.3 is 0 Å². The SMILES string of the molecule is C[C@@H](N)C(=O)NCCc1cccc(F)c1.Cl. The molecule has 0 heterocycles. The van der Waals surface area contributed by atoms with Gasteiger partial charge in [-0.2, -0.15) is 0 Å². The fraction of sp³-hybridized carbons (Fsp3) is 0.364. The highest BCUT2D eigenvalue weighted by Gasteiger charge is 2.05. The molecule has 0 spiro atoms. The van der Waals surface area contributed by atoms with Gasteiger partial charge in [-0.3, -0.25) is 4.79 Å². The predicted octanol–water partition coefficient (Wildman–Crippen LogP) is 1.25. The second kappa shape index (κ2) is 7.19. The Bertz CT molecular complexity index is 345. The average molecular weight is 247 g/mol. The molecule has 0 bridgehead atoms. The van der Waals surface area contributed by atoms with Gasteiger partial charge in [-0.05, 0) is 31.0 Å². The molecule has 1 aromatic rings. The van der Waals surface area contributed by atoms with E-state index in [0.717, 1.165) is 5.56 Å². The van der Waals surface area contributed by atoms with E-state index in [4.69, 9.17) is 5.73 Å². The summed E-state index contributed by atoms with van der Waals surface area (Å²) in [5.41, 5.74) is 6.23. The Morgan fingerprint density at radius 1 is 1.56 bits per heavy atom. The molecular formula is C11H16ClFN2O. The van der Waals surface area contributed by atoms with Gasteiger partial charge in [0.1, 0.15) is 5.82 Å². The van der Waals surface area contributed by atoms with E-state index in [1.54, 1.807) is 13.0 Å². The van der Waals surface area contributed by atoms with Crippen molar-refractivity contribution in [3.05, 3.63) is 35.6 Å². The van der Waals surface area contributed by atoms with E-state index < -0.39 is 6.04 Å². The largest absolute Gasteiger partial charge is 0.354 e. The van der Waals surface area contributed by atoms with E-state index in [0.29, 0.717) is 13.0 Å². The van der Waals surface area contributed by atoms with Gasteiger partial charge in [0.25, 0.3) is 0 Å². The zero-order valence-electron chi connectivity index (χ0n) is 9.07. The second-order valence-electron chi connectivity index (χ2n) is 3.46. The van der Waals surface area contributed by atoms with Crippen LogP contribution in [0.4, 0.5) is 4.39 Å². The molecule has 0 aliphatic rings. The first-order chi connectivity index (χ1) is 7.09. The van der Waals surface area contributed by atoms with E-state index in [2.05, 4.69) is 5.32 Å². The number of halogens is 2. The van der Waals surface area contributed by atoms with Crippen molar-refractivity contribution in [2.24, 2.45) is 5.73 Å². The minimum absolute atomic E-state index is 0. The van der Waals surface area contributed by atoms with Gasteiger partial charge in [-0.15, -0.1) is 12.4 Å². The van der Waals surface area contributed by atoms with Crippen LogP contribution in [0.5, 0.6) is 0 Å². The molecule has 1 atom stereocenters. The van der Waals surface area contributed by atoms with Crippen LogP contribution in [-0.2, 0) is 11.2 Å². The predicted molar refractivity (Wildman–Crippen MR) is 64.0 cm³/mol. The first-order valence-electron chi connectivity index (χ1n) is 4.87. The van der Waals surface area contributed by atoms with Gasteiger partial charge in [-0.1, -0.05) is 12.1 Å². The topological polar surface area (TPSA) is 55.1 Å². The monoisotopic (exact) mass is 246 g/mol. The molecule has 1 amide bonds. The van der Waals surface area contributed by atoms with Gasteiger partial charge in [0, 0.05) is 6.54 Å². The summed E-state index contributed by atoms with van der Waals surface area (Å²) in [5, 5.41) is 2.66.